The van der Waals surface area contributed by atoms with Crippen molar-refractivity contribution in [1.82, 2.24) is 4.90 Å². The first-order chi connectivity index (χ1) is 18.0. The molecule has 0 bridgehead atoms. The minimum atomic E-state index is -2.08. The van der Waals surface area contributed by atoms with E-state index in [0.29, 0.717) is 0 Å². The van der Waals surface area contributed by atoms with Crippen molar-refractivity contribution in [3.63, 3.8) is 0 Å². The zero-order valence-corrected chi connectivity index (χ0v) is 26.0. The maximum absolute atomic E-state index is 7.44. The third-order valence-corrected chi connectivity index (χ3v) is 13.8. The molecule has 0 spiro atoms. The Kier molecular flexibility index (Phi) is 9.26. The van der Waals surface area contributed by atoms with Crippen LogP contribution in [0, 0.1) is 0 Å². The van der Waals surface area contributed by atoms with Crippen LogP contribution in [-0.4, -0.2) is 36.4 Å². The van der Waals surface area contributed by atoms with Crippen LogP contribution in [0.15, 0.2) is 95.9 Å². The highest BCUT2D eigenvalue weighted by Crippen LogP contribution is 2.47. The Labute approximate surface area is 236 Å². The Morgan fingerprint density at radius 1 is 0.868 bits per heavy atom. The fourth-order valence-corrected chi connectivity index (χ4v) is 8.38. The van der Waals surface area contributed by atoms with Gasteiger partial charge in [-0.2, -0.15) is 0 Å². The first-order valence-electron chi connectivity index (χ1n) is 13.9. The lowest BCUT2D eigenvalue weighted by molar-refractivity contribution is -0.159. The van der Waals surface area contributed by atoms with Crippen molar-refractivity contribution in [2.75, 3.05) is 0 Å². The van der Waals surface area contributed by atoms with E-state index >= 15 is 0 Å². The number of rotatable bonds is 9. The Bertz CT molecular complexity index is 1090. The highest BCUT2D eigenvalue weighted by atomic mass is 32.2. The average Bonchev–Trinajstić information content (AvgIpc) is 2.84. The van der Waals surface area contributed by atoms with Crippen molar-refractivity contribution in [1.29, 1.82) is 0 Å². The van der Waals surface area contributed by atoms with E-state index < -0.39 is 8.32 Å². The van der Waals surface area contributed by atoms with Crippen LogP contribution in [0.25, 0.3) is 0 Å². The van der Waals surface area contributed by atoms with Gasteiger partial charge in [0.15, 0.2) is 8.32 Å². The summed E-state index contributed by atoms with van der Waals surface area (Å²) in [5.41, 5.74) is 2.29. The van der Waals surface area contributed by atoms with Gasteiger partial charge in [0.05, 0.1) is 17.7 Å². The molecular formula is C33H45NO2SSi. The molecular weight excluding hydrogens is 503 g/mol. The summed E-state index contributed by atoms with van der Waals surface area (Å²) in [5.74, 6) is 0. The summed E-state index contributed by atoms with van der Waals surface area (Å²) in [7, 11) is -2.08. The largest absolute Gasteiger partial charge is 0.410 e. The number of hydrogen-bond donors (Lipinski definition) is 0. The summed E-state index contributed by atoms with van der Waals surface area (Å²) < 4.78 is 14.3. The molecule has 4 atom stereocenters. The SMILES string of the molecule is CC1O[C@H](Sc2ccccc2)C[C@@](C)(O[Si](C)(C)C(C)(C)C)C1N(Cc1ccccc1)Cc1ccccc1. The summed E-state index contributed by atoms with van der Waals surface area (Å²) >= 11 is 1.82. The molecule has 0 amide bonds. The van der Waals surface area contributed by atoms with Crippen molar-refractivity contribution in [3.05, 3.63) is 102 Å². The number of ether oxygens (including phenoxy) is 1. The molecule has 2 unspecified atom stereocenters. The number of hydrogen-bond acceptors (Lipinski definition) is 4. The van der Waals surface area contributed by atoms with E-state index in [1.807, 2.05) is 11.8 Å². The first kappa shape index (κ1) is 29.1. The summed E-state index contributed by atoms with van der Waals surface area (Å²) in [6.07, 6.45) is 0.848. The second-order valence-corrected chi connectivity index (χ2v) is 18.4. The third kappa shape index (κ3) is 7.19. The molecule has 1 saturated heterocycles. The number of benzene rings is 3. The van der Waals surface area contributed by atoms with Gasteiger partial charge < -0.3 is 9.16 Å². The van der Waals surface area contributed by atoms with Gasteiger partial charge in [-0.3, -0.25) is 4.90 Å². The van der Waals surface area contributed by atoms with Crippen molar-refractivity contribution in [2.24, 2.45) is 0 Å². The second-order valence-electron chi connectivity index (χ2n) is 12.4. The summed E-state index contributed by atoms with van der Waals surface area (Å²) in [6, 6.07) is 32.4. The highest BCUT2D eigenvalue weighted by Gasteiger charge is 2.53. The van der Waals surface area contributed by atoms with E-state index in [0.717, 1.165) is 19.5 Å². The fraction of sp³-hybridized carbons (Fsp3) is 0.455. The van der Waals surface area contributed by atoms with Crippen molar-refractivity contribution in [2.45, 2.75) is 100 Å². The van der Waals surface area contributed by atoms with Gasteiger partial charge in [-0.15, -0.1) is 0 Å². The van der Waals surface area contributed by atoms with Gasteiger partial charge >= 0.3 is 0 Å². The maximum atomic E-state index is 7.44. The number of nitrogens with zero attached hydrogens (tertiary/aromatic N) is 1. The van der Waals surface area contributed by atoms with Crippen molar-refractivity contribution >= 4 is 20.1 Å². The van der Waals surface area contributed by atoms with Crippen molar-refractivity contribution < 1.29 is 9.16 Å². The highest BCUT2D eigenvalue weighted by molar-refractivity contribution is 7.99. The van der Waals surface area contributed by atoms with Crippen LogP contribution >= 0.6 is 11.8 Å². The maximum Gasteiger partial charge on any atom is 0.192 e. The Hall–Kier alpha value is -1.89. The van der Waals surface area contributed by atoms with Gasteiger partial charge in [-0.05, 0) is 55.2 Å². The lowest BCUT2D eigenvalue weighted by atomic mass is 9.85. The molecule has 0 aromatic heterocycles. The van der Waals surface area contributed by atoms with E-state index in [2.05, 4.69) is 144 Å². The molecule has 3 aromatic carbocycles. The van der Waals surface area contributed by atoms with Gasteiger partial charge in [0.25, 0.3) is 0 Å². The third-order valence-electron chi connectivity index (χ3n) is 8.16. The van der Waals surface area contributed by atoms with E-state index in [4.69, 9.17) is 9.16 Å². The normalized spacial score (nSPS) is 24.5. The molecule has 4 rings (SSSR count). The van der Waals surface area contributed by atoms with Gasteiger partial charge in [0, 0.05) is 24.4 Å². The second kappa shape index (κ2) is 12.1. The molecule has 38 heavy (non-hydrogen) atoms. The molecule has 3 nitrogen and oxygen atoms in total. The van der Waals surface area contributed by atoms with E-state index in [9.17, 15) is 0 Å². The standard InChI is InChI=1S/C33H45NO2SSi/c1-26-31(34(24-27-17-11-8-12-18-27)25-28-19-13-9-14-20-28)33(5,36-38(6,7)32(2,3)4)23-30(35-26)37-29-21-15-10-16-22-29/h8-22,26,30-31H,23-25H2,1-7H3/t26?,30-,31?,33-/m1/s1. The van der Waals surface area contributed by atoms with Crippen LogP contribution in [0.4, 0.5) is 0 Å². The topological polar surface area (TPSA) is 21.7 Å². The van der Waals surface area contributed by atoms with Gasteiger partial charge in [0.2, 0.25) is 0 Å². The van der Waals surface area contributed by atoms with Gasteiger partial charge in [-0.25, -0.2) is 0 Å². The Balaban J connectivity index is 1.72. The van der Waals surface area contributed by atoms with Crippen molar-refractivity contribution in [3.8, 4) is 0 Å². The van der Waals surface area contributed by atoms with Crippen LogP contribution in [0.1, 0.15) is 52.2 Å². The van der Waals surface area contributed by atoms with Crippen LogP contribution < -0.4 is 0 Å². The lowest BCUT2D eigenvalue weighted by Gasteiger charge is -2.55. The molecule has 0 aliphatic carbocycles. The van der Waals surface area contributed by atoms with E-state index in [-0.39, 0.29) is 28.2 Å². The van der Waals surface area contributed by atoms with Crippen LogP contribution in [0.2, 0.25) is 18.1 Å². The molecule has 0 radical (unpaired) electrons. The monoisotopic (exact) mass is 547 g/mol. The van der Waals surface area contributed by atoms with E-state index in [1.165, 1.54) is 16.0 Å². The van der Waals surface area contributed by atoms with Gasteiger partial charge in [-0.1, -0.05) is 111 Å². The zero-order valence-electron chi connectivity index (χ0n) is 24.2. The quantitative estimate of drug-likeness (QED) is 0.250. The van der Waals surface area contributed by atoms with Crippen LogP contribution in [0.3, 0.4) is 0 Å². The summed E-state index contributed by atoms with van der Waals surface area (Å²) in [6.45, 7) is 18.1. The van der Waals surface area contributed by atoms with Crippen LogP contribution in [-0.2, 0) is 22.3 Å². The molecule has 0 N–H and O–H groups in total. The number of thioether (sulfide) groups is 1. The first-order valence-corrected chi connectivity index (χ1v) is 17.6. The summed E-state index contributed by atoms with van der Waals surface area (Å²) in [4.78, 5) is 3.84. The fourth-order valence-electron chi connectivity index (χ4n) is 5.44. The summed E-state index contributed by atoms with van der Waals surface area (Å²) in [5, 5.41) is 0.119. The van der Waals surface area contributed by atoms with E-state index in [1.54, 1.807) is 0 Å². The van der Waals surface area contributed by atoms with Gasteiger partial charge in [0.1, 0.15) is 5.44 Å². The minimum absolute atomic E-state index is 0.00663. The molecule has 204 valence electrons. The molecule has 3 aromatic rings. The zero-order chi connectivity index (χ0) is 27.4. The predicted octanol–water partition coefficient (Wildman–Crippen LogP) is 8.77. The molecule has 5 heteroatoms. The Morgan fingerprint density at radius 2 is 1.34 bits per heavy atom. The molecule has 1 aliphatic heterocycles. The molecule has 0 saturated carbocycles. The molecule has 1 fully saturated rings. The molecule has 1 aliphatic rings. The lowest BCUT2D eigenvalue weighted by Crippen LogP contribution is -2.65. The Morgan fingerprint density at radius 3 is 1.82 bits per heavy atom. The smallest absolute Gasteiger partial charge is 0.192 e. The molecule has 1 heterocycles. The van der Waals surface area contributed by atoms with Crippen LogP contribution in [0.5, 0.6) is 0 Å². The average molecular weight is 548 g/mol. The minimum Gasteiger partial charge on any atom is -0.410 e. The predicted molar refractivity (Wildman–Crippen MR) is 164 cm³/mol.